The largest absolute Gasteiger partial charge is 0.390 e. The maximum Gasteiger partial charge on any atom is 0.120 e. The molecule has 0 saturated heterocycles. The van der Waals surface area contributed by atoms with Gasteiger partial charge in [0, 0.05) is 12.5 Å². The molecule has 1 atom stereocenters. The van der Waals surface area contributed by atoms with Crippen molar-refractivity contribution in [1.29, 1.82) is 0 Å². The van der Waals surface area contributed by atoms with Crippen LogP contribution in [-0.4, -0.2) is 16.6 Å². The van der Waals surface area contributed by atoms with Crippen LogP contribution in [0.5, 0.6) is 0 Å². The quantitative estimate of drug-likeness (QED) is 0.615. The summed E-state index contributed by atoms with van der Waals surface area (Å²) < 4.78 is 0. The molecular weight excluding hydrogens is 140 g/mol. The first-order valence-corrected chi connectivity index (χ1v) is 4.04. The standard InChI is InChI=1S/C9H16O2/c1-3-4-6-9(2,11)7-5-8-10/h5,11H,3-4,6-7H2,1-2H3/t9-/m0/s1. The lowest BCUT2D eigenvalue weighted by Gasteiger charge is -2.20. The molecule has 0 aliphatic carbocycles. The van der Waals surface area contributed by atoms with Gasteiger partial charge in [-0.15, -0.1) is 0 Å². The average Bonchev–Trinajstić information content (AvgIpc) is 1.97. The molecule has 0 aromatic rings. The lowest BCUT2D eigenvalue weighted by atomic mass is 9.96. The van der Waals surface area contributed by atoms with E-state index in [9.17, 15) is 9.90 Å². The van der Waals surface area contributed by atoms with E-state index in [-0.39, 0.29) is 0 Å². The van der Waals surface area contributed by atoms with Crippen molar-refractivity contribution in [2.24, 2.45) is 0 Å². The maximum atomic E-state index is 9.83. The Balaban J connectivity index is 3.69. The predicted molar refractivity (Wildman–Crippen MR) is 45.0 cm³/mol. The van der Waals surface area contributed by atoms with Crippen LogP contribution >= 0.6 is 0 Å². The monoisotopic (exact) mass is 156 g/mol. The molecule has 2 nitrogen and oxygen atoms in total. The van der Waals surface area contributed by atoms with Gasteiger partial charge in [-0.25, -0.2) is 4.79 Å². The molecule has 0 heterocycles. The Morgan fingerprint density at radius 1 is 1.64 bits per heavy atom. The van der Waals surface area contributed by atoms with Gasteiger partial charge in [0.25, 0.3) is 0 Å². The van der Waals surface area contributed by atoms with E-state index in [4.69, 9.17) is 0 Å². The lowest BCUT2D eigenvalue weighted by molar-refractivity contribution is 0.0519. The van der Waals surface area contributed by atoms with Crippen molar-refractivity contribution in [2.75, 3.05) is 0 Å². The molecule has 0 aromatic heterocycles. The van der Waals surface area contributed by atoms with E-state index < -0.39 is 5.60 Å². The van der Waals surface area contributed by atoms with Gasteiger partial charge < -0.3 is 5.11 Å². The molecule has 1 N–H and O–H groups in total. The minimum absolute atomic E-state index is 0.413. The molecule has 2 heteroatoms. The summed E-state index contributed by atoms with van der Waals surface area (Å²) >= 11 is 0. The topological polar surface area (TPSA) is 37.3 Å². The van der Waals surface area contributed by atoms with Crippen molar-refractivity contribution >= 4 is 5.94 Å². The highest BCUT2D eigenvalue weighted by molar-refractivity contribution is 5.44. The Bertz CT molecular complexity index is 144. The summed E-state index contributed by atoms with van der Waals surface area (Å²) in [5.41, 5.74) is -0.715. The van der Waals surface area contributed by atoms with Crippen molar-refractivity contribution < 1.29 is 9.90 Å². The molecule has 0 unspecified atom stereocenters. The first kappa shape index (κ1) is 10.4. The summed E-state index contributed by atoms with van der Waals surface area (Å²) in [5.74, 6) is 1.67. The summed E-state index contributed by atoms with van der Waals surface area (Å²) in [4.78, 5) is 9.83. The first-order valence-electron chi connectivity index (χ1n) is 4.04. The summed E-state index contributed by atoms with van der Waals surface area (Å²) in [6, 6.07) is 0. The number of hydrogen-bond donors (Lipinski definition) is 1. The molecule has 0 spiro atoms. The Hall–Kier alpha value is -0.590. The summed E-state index contributed by atoms with van der Waals surface area (Å²) in [5, 5.41) is 9.57. The molecule has 0 bridgehead atoms. The number of carbonyl (C=O) groups excluding carboxylic acids is 1. The molecule has 0 fully saturated rings. The molecule has 0 aliphatic heterocycles. The van der Waals surface area contributed by atoms with Gasteiger partial charge >= 0.3 is 0 Å². The maximum absolute atomic E-state index is 9.83. The molecular formula is C9H16O2. The van der Waals surface area contributed by atoms with Gasteiger partial charge in [0.15, 0.2) is 0 Å². The summed E-state index contributed by atoms with van der Waals surface area (Å²) in [6.45, 7) is 3.82. The fourth-order valence-corrected chi connectivity index (χ4v) is 0.921. The lowest BCUT2D eigenvalue weighted by Crippen LogP contribution is -2.22. The van der Waals surface area contributed by atoms with Gasteiger partial charge in [-0.3, -0.25) is 0 Å². The normalized spacial score (nSPS) is 15.2. The Morgan fingerprint density at radius 2 is 2.27 bits per heavy atom. The zero-order valence-corrected chi connectivity index (χ0v) is 7.26. The van der Waals surface area contributed by atoms with Crippen LogP contribution in [0.1, 0.15) is 39.5 Å². The van der Waals surface area contributed by atoms with Gasteiger partial charge in [-0.05, 0) is 13.3 Å². The number of unbranched alkanes of at least 4 members (excludes halogenated alkanes) is 1. The molecule has 0 aliphatic rings. The molecule has 0 saturated carbocycles. The molecule has 0 amide bonds. The van der Waals surface area contributed by atoms with Crippen molar-refractivity contribution in [1.82, 2.24) is 0 Å². The zero-order chi connectivity index (χ0) is 8.74. The highest BCUT2D eigenvalue weighted by atomic mass is 16.3. The van der Waals surface area contributed by atoms with E-state index >= 15 is 0 Å². The number of hydrogen-bond acceptors (Lipinski definition) is 2. The first-order chi connectivity index (χ1) is 5.12. The van der Waals surface area contributed by atoms with Crippen molar-refractivity contribution in [3.05, 3.63) is 6.08 Å². The second kappa shape index (κ2) is 5.11. The van der Waals surface area contributed by atoms with Crippen LogP contribution in [0.25, 0.3) is 0 Å². The van der Waals surface area contributed by atoms with E-state index in [1.54, 1.807) is 12.9 Å². The van der Waals surface area contributed by atoms with Crippen LogP contribution in [0, 0.1) is 0 Å². The highest BCUT2D eigenvalue weighted by Gasteiger charge is 2.17. The Labute approximate surface area is 67.9 Å². The average molecular weight is 156 g/mol. The summed E-state index contributed by atoms with van der Waals surface area (Å²) in [6.07, 6.45) is 4.58. The van der Waals surface area contributed by atoms with Crippen LogP contribution in [-0.2, 0) is 4.79 Å². The molecule has 0 rings (SSSR count). The number of aliphatic hydroxyl groups is 1. The summed E-state index contributed by atoms with van der Waals surface area (Å²) in [7, 11) is 0. The van der Waals surface area contributed by atoms with Gasteiger partial charge in [-0.1, -0.05) is 19.8 Å². The molecule has 0 radical (unpaired) electrons. The minimum atomic E-state index is -0.715. The van der Waals surface area contributed by atoms with Gasteiger partial charge in [0.2, 0.25) is 0 Å². The highest BCUT2D eigenvalue weighted by Crippen LogP contribution is 2.17. The molecule has 64 valence electrons. The van der Waals surface area contributed by atoms with Crippen molar-refractivity contribution in [3.63, 3.8) is 0 Å². The fraction of sp³-hybridized carbons (Fsp3) is 0.778. The second-order valence-corrected chi connectivity index (χ2v) is 3.13. The van der Waals surface area contributed by atoms with Crippen LogP contribution in [0.2, 0.25) is 0 Å². The smallest absolute Gasteiger partial charge is 0.120 e. The Morgan fingerprint density at radius 3 is 2.73 bits per heavy atom. The second-order valence-electron chi connectivity index (χ2n) is 3.13. The third-order valence-corrected chi connectivity index (χ3v) is 1.69. The molecule has 0 aromatic carbocycles. The third-order valence-electron chi connectivity index (χ3n) is 1.69. The van der Waals surface area contributed by atoms with Gasteiger partial charge in [0.1, 0.15) is 5.94 Å². The van der Waals surface area contributed by atoms with E-state index in [0.717, 1.165) is 19.3 Å². The van der Waals surface area contributed by atoms with E-state index in [1.807, 2.05) is 0 Å². The zero-order valence-electron chi connectivity index (χ0n) is 7.26. The SMILES string of the molecule is CCCC[C@](C)(O)CC=C=O. The number of rotatable bonds is 5. The Kier molecular flexibility index (Phi) is 4.84. The van der Waals surface area contributed by atoms with E-state index in [0.29, 0.717) is 6.42 Å². The van der Waals surface area contributed by atoms with Crippen LogP contribution in [0.15, 0.2) is 6.08 Å². The van der Waals surface area contributed by atoms with Gasteiger partial charge in [0.05, 0.1) is 5.60 Å². The van der Waals surface area contributed by atoms with E-state index in [1.165, 1.54) is 6.08 Å². The van der Waals surface area contributed by atoms with Crippen LogP contribution in [0.4, 0.5) is 0 Å². The van der Waals surface area contributed by atoms with Crippen LogP contribution < -0.4 is 0 Å². The third kappa shape index (κ3) is 5.84. The van der Waals surface area contributed by atoms with Crippen molar-refractivity contribution in [2.45, 2.75) is 45.1 Å². The van der Waals surface area contributed by atoms with Crippen molar-refractivity contribution in [3.8, 4) is 0 Å². The molecule has 11 heavy (non-hydrogen) atoms. The van der Waals surface area contributed by atoms with Crippen LogP contribution in [0.3, 0.4) is 0 Å². The minimum Gasteiger partial charge on any atom is -0.390 e. The fourth-order valence-electron chi connectivity index (χ4n) is 0.921. The van der Waals surface area contributed by atoms with E-state index in [2.05, 4.69) is 6.92 Å². The van der Waals surface area contributed by atoms with Gasteiger partial charge in [-0.2, -0.15) is 0 Å². The predicted octanol–water partition coefficient (Wildman–Crippen LogP) is 1.71.